The van der Waals surface area contributed by atoms with Crippen LogP contribution in [0.1, 0.15) is 30.5 Å². The van der Waals surface area contributed by atoms with Gasteiger partial charge in [0.05, 0.1) is 20.5 Å². The molecule has 0 aromatic carbocycles. The summed E-state index contributed by atoms with van der Waals surface area (Å²) in [5, 5.41) is -0.975. The van der Waals surface area contributed by atoms with Crippen molar-refractivity contribution in [3.05, 3.63) is 20.9 Å². The van der Waals surface area contributed by atoms with Crippen molar-refractivity contribution < 1.29 is 9.59 Å². The van der Waals surface area contributed by atoms with E-state index in [1.165, 1.54) is 22.7 Å². The Bertz CT molecular complexity index is 556. The van der Waals surface area contributed by atoms with E-state index in [0.29, 0.717) is 11.1 Å². The lowest BCUT2D eigenvalue weighted by atomic mass is 10.2. The van der Waals surface area contributed by atoms with Crippen molar-refractivity contribution in [2.75, 3.05) is 0 Å². The molecule has 6 heteroatoms. The second-order valence-electron chi connectivity index (χ2n) is 3.27. The molecule has 0 bridgehead atoms. The van der Waals surface area contributed by atoms with E-state index >= 15 is 0 Å². The first kappa shape index (κ1) is 12.0. The summed E-state index contributed by atoms with van der Waals surface area (Å²) in [6.07, 6.45) is 0. The molecule has 0 fully saturated rings. The van der Waals surface area contributed by atoms with Gasteiger partial charge in [-0.1, -0.05) is 0 Å². The van der Waals surface area contributed by atoms with Crippen LogP contribution in [0.2, 0.25) is 0 Å². The van der Waals surface area contributed by atoms with E-state index in [1.807, 2.05) is 13.8 Å². The molecule has 16 heavy (non-hydrogen) atoms. The first-order valence-electron chi connectivity index (χ1n) is 4.35. The molecule has 2 nitrogen and oxygen atoms in total. The first-order valence-corrected chi connectivity index (χ1v) is 6.74. The third-order valence-electron chi connectivity index (χ3n) is 2.27. The maximum atomic E-state index is 11.3. The van der Waals surface area contributed by atoms with E-state index in [-0.39, 0.29) is 0 Å². The Morgan fingerprint density at radius 3 is 1.44 bits per heavy atom. The summed E-state index contributed by atoms with van der Waals surface area (Å²) in [7, 11) is 0. The molecule has 0 amide bonds. The molecule has 0 atom stereocenters. The highest BCUT2D eigenvalue weighted by Crippen LogP contribution is 2.41. The molecule has 84 valence electrons. The fraction of sp³-hybridized carbons (Fsp3) is 0.200. The average molecular weight is 293 g/mol. The zero-order valence-electron chi connectivity index (χ0n) is 8.39. The van der Waals surface area contributed by atoms with Gasteiger partial charge in [0, 0.05) is 9.75 Å². The Hall–Kier alpha value is -0.420. The normalized spacial score (nSPS) is 11.0. The van der Waals surface area contributed by atoms with E-state index in [4.69, 9.17) is 23.2 Å². The average Bonchev–Trinajstić information content (AvgIpc) is 2.55. The summed E-state index contributed by atoms with van der Waals surface area (Å²) in [5.74, 6) is 0. The van der Waals surface area contributed by atoms with Crippen molar-refractivity contribution in [3.63, 3.8) is 0 Å². The Morgan fingerprint density at radius 1 is 0.875 bits per heavy atom. The fourth-order valence-corrected chi connectivity index (χ4v) is 4.97. The predicted molar refractivity (Wildman–Crippen MR) is 69.5 cm³/mol. The summed E-state index contributed by atoms with van der Waals surface area (Å²) in [6, 6.07) is 0. The van der Waals surface area contributed by atoms with Crippen molar-refractivity contribution in [2.45, 2.75) is 13.8 Å². The first-order chi connectivity index (χ1) is 7.43. The maximum absolute atomic E-state index is 11.3. The van der Waals surface area contributed by atoms with Crippen molar-refractivity contribution in [2.24, 2.45) is 0 Å². The third-order valence-corrected chi connectivity index (χ3v) is 5.02. The number of hydrogen-bond donors (Lipinski definition) is 0. The van der Waals surface area contributed by atoms with Crippen LogP contribution in [-0.4, -0.2) is 10.5 Å². The molecule has 0 unspecified atom stereocenters. The topological polar surface area (TPSA) is 34.1 Å². The molecule has 2 rings (SSSR count). The number of thiophene rings is 2. The van der Waals surface area contributed by atoms with E-state index < -0.39 is 10.5 Å². The van der Waals surface area contributed by atoms with Crippen molar-refractivity contribution in [1.29, 1.82) is 0 Å². The smallest absolute Gasteiger partial charge is 0.254 e. The zero-order chi connectivity index (χ0) is 12.0. The molecule has 0 aliphatic heterocycles. The molecule has 0 saturated carbocycles. The van der Waals surface area contributed by atoms with Crippen LogP contribution in [0.4, 0.5) is 0 Å². The number of hydrogen-bond acceptors (Lipinski definition) is 4. The van der Waals surface area contributed by atoms with E-state index in [9.17, 15) is 9.59 Å². The second kappa shape index (κ2) is 4.11. The summed E-state index contributed by atoms with van der Waals surface area (Å²) >= 11 is 13.8. The highest BCUT2D eigenvalue weighted by atomic mass is 35.5. The molecule has 2 heterocycles. The molecule has 0 N–H and O–H groups in total. The lowest BCUT2D eigenvalue weighted by Gasteiger charge is -1.90. The quantitative estimate of drug-likeness (QED) is 0.772. The number of aryl methyl sites for hydroxylation is 2. The molecule has 2 aromatic rings. The van der Waals surface area contributed by atoms with Crippen LogP contribution in [0.25, 0.3) is 9.40 Å². The van der Waals surface area contributed by atoms with Crippen LogP contribution in [0.5, 0.6) is 0 Å². The second-order valence-corrected chi connectivity index (χ2v) is 6.41. The standard InChI is InChI=1S/C10H6Cl2O2S2/c1-3-5(9(11)13)7-8(15-3)6(10(12)14)4(2)16-7/h1-2H3. The molecule has 0 radical (unpaired) electrons. The fourth-order valence-electron chi connectivity index (χ4n) is 1.61. The minimum atomic E-state index is -0.487. The molecular formula is C10H6Cl2O2S2. The summed E-state index contributed by atoms with van der Waals surface area (Å²) in [5.41, 5.74) is 0.998. The molecule has 0 spiro atoms. The van der Waals surface area contributed by atoms with Crippen LogP contribution in [-0.2, 0) is 0 Å². The summed E-state index contributed by atoms with van der Waals surface area (Å²) < 4.78 is 1.54. The Balaban J connectivity index is 2.88. The van der Waals surface area contributed by atoms with Crippen molar-refractivity contribution in [1.82, 2.24) is 0 Å². The van der Waals surface area contributed by atoms with Gasteiger partial charge < -0.3 is 0 Å². The van der Waals surface area contributed by atoms with Crippen LogP contribution < -0.4 is 0 Å². The minimum Gasteiger partial charge on any atom is -0.276 e. The van der Waals surface area contributed by atoms with Gasteiger partial charge >= 0.3 is 0 Å². The van der Waals surface area contributed by atoms with Gasteiger partial charge in [-0.15, -0.1) is 22.7 Å². The highest BCUT2D eigenvalue weighted by molar-refractivity contribution is 7.29. The van der Waals surface area contributed by atoms with Crippen LogP contribution >= 0.6 is 45.9 Å². The Labute approximate surface area is 110 Å². The summed E-state index contributed by atoms with van der Waals surface area (Å²) in [4.78, 5) is 24.2. The largest absolute Gasteiger partial charge is 0.276 e. The van der Waals surface area contributed by atoms with Gasteiger partial charge in [0.1, 0.15) is 0 Å². The minimum absolute atomic E-state index is 0.487. The Morgan fingerprint density at radius 2 is 1.19 bits per heavy atom. The van der Waals surface area contributed by atoms with Crippen molar-refractivity contribution >= 4 is 65.8 Å². The van der Waals surface area contributed by atoms with Gasteiger partial charge in [0.2, 0.25) is 0 Å². The Kier molecular flexibility index (Phi) is 3.09. The van der Waals surface area contributed by atoms with E-state index in [1.54, 1.807) is 0 Å². The number of carbonyl (C=O) groups is 2. The lowest BCUT2D eigenvalue weighted by molar-refractivity contribution is 0.107. The van der Waals surface area contributed by atoms with Crippen LogP contribution in [0, 0.1) is 13.8 Å². The number of fused-ring (bicyclic) bond motifs is 1. The van der Waals surface area contributed by atoms with Gasteiger partial charge in [0.15, 0.2) is 0 Å². The van der Waals surface area contributed by atoms with Crippen molar-refractivity contribution in [3.8, 4) is 0 Å². The lowest BCUT2D eigenvalue weighted by Crippen LogP contribution is -1.87. The number of carbonyl (C=O) groups excluding carboxylic acids is 2. The van der Waals surface area contributed by atoms with Gasteiger partial charge in [-0.3, -0.25) is 9.59 Å². The highest BCUT2D eigenvalue weighted by Gasteiger charge is 2.23. The molecule has 0 saturated heterocycles. The monoisotopic (exact) mass is 292 g/mol. The number of halogens is 2. The SMILES string of the molecule is Cc1sc2c(C(=O)Cl)c(C)sc2c1C(=O)Cl. The van der Waals surface area contributed by atoms with Gasteiger partial charge in [-0.2, -0.15) is 0 Å². The number of rotatable bonds is 2. The zero-order valence-corrected chi connectivity index (χ0v) is 11.5. The third kappa shape index (κ3) is 1.70. The van der Waals surface area contributed by atoms with Crippen LogP contribution in [0.15, 0.2) is 0 Å². The van der Waals surface area contributed by atoms with E-state index in [2.05, 4.69) is 0 Å². The van der Waals surface area contributed by atoms with Gasteiger partial charge in [-0.25, -0.2) is 0 Å². The van der Waals surface area contributed by atoms with Gasteiger partial charge in [0.25, 0.3) is 10.5 Å². The van der Waals surface area contributed by atoms with E-state index in [0.717, 1.165) is 19.2 Å². The predicted octanol–water partition coefficient (Wildman–Crippen LogP) is 4.34. The summed E-state index contributed by atoms with van der Waals surface area (Å²) in [6.45, 7) is 3.62. The van der Waals surface area contributed by atoms with Gasteiger partial charge in [-0.05, 0) is 37.0 Å². The molecular weight excluding hydrogens is 287 g/mol. The molecule has 0 aliphatic carbocycles. The molecule has 0 aliphatic rings. The molecule has 2 aromatic heterocycles. The maximum Gasteiger partial charge on any atom is 0.254 e. The van der Waals surface area contributed by atoms with Crippen LogP contribution in [0.3, 0.4) is 0 Å².